The Bertz CT molecular complexity index is 658. The molecule has 2 bridgehead atoms. The Labute approximate surface area is 137 Å². The number of hydrogen-bond donors (Lipinski definition) is 1. The maximum atomic E-state index is 12.5. The highest BCUT2D eigenvalue weighted by Gasteiger charge is 2.66. The summed E-state index contributed by atoms with van der Waals surface area (Å²) in [6.07, 6.45) is 3.09. The Hall–Kier alpha value is -1.39. The summed E-state index contributed by atoms with van der Waals surface area (Å²) < 4.78 is 11.7. The van der Waals surface area contributed by atoms with Crippen LogP contribution in [0.4, 0.5) is 0 Å². The van der Waals surface area contributed by atoms with Crippen LogP contribution in [-0.4, -0.2) is 38.2 Å². The van der Waals surface area contributed by atoms with Crippen LogP contribution < -0.4 is 10.1 Å². The fourth-order valence-corrected chi connectivity index (χ4v) is 5.81. The van der Waals surface area contributed by atoms with Gasteiger partial charge in [-0.15, -0.1) is 0 Å². The summed E-state index contributed by atoms with van der Waals surface area (Å²) >= 11 is 0. The molecule has 1 saturated heterocycles. The number of nitrogens with one attached hydrogen (secondary N) is 1. The van der Waals surface area contributed by atoms with Gasteiger partial charge in [0.05, 0.1) is 12.7 Å². The summed E-state index contributed by atoms with van der Waals surface area (Å²) in [6.45, 7) is 3.12. The Balaban J connectivity index is 1.99. The van der Waals surface area contributed by atoms with Gasteiger partial charge in [-0.05, 0) is 48.6 Å². The molecule has 2 fully saturated rings. The van der Waals surface area contributed by atoms with Crippen LogP contribution in [-0.2, 0) is 21.4 Å². The summed E-state index contributed by atoms with van der Waals surface area (Å²) in [4.78, 5) is 12.5. The third-order valence-corrected chi connectivity index (χ3v) is 6.57. The van der Waals surface area contributed by atoms with Crippen LogP contribution in [0.1, 0.15) is 37.3 Å². The molecule has 0 aromatic heterocycles. The van der Waals surface area contributed by atoms with Gasteiger partial charge in [0.2, 0.25) is 0 Å². The highest BCUT2D eigenvalue weighted by Crippen LogP contribution is 2.59. The number of rotatable bonds is 2. The Morgan fingerprint density at radius 1 is 1.26 bits per heavy atom. The van der Waals surface area contributed by atoms with Crippen LogP contribution in [0.2, 0.25) is 0 Å². The lowest BCUT2D eigenvalue weighted by molar-refractivity contribution is -0.182. The fourth-order valence-electron chi connectivity index (χ4n) is 5.81. The third kappa shape index (κ3) is 1.76. The summed E-state index contributed by atoms with van der Waals surface area (Å²) in [5.41, 5.74) is 2.07. The lowest BCUT2D eigenvalue weighted by Gasteiger charge is -2.64. The molecule has 0 radical (unpaired) electrons. The van der Waals surface area contributed by atoms with Gasteiger partial charge in [-0.1, -0.05) is 13.0 Å². The number of hydrogen-bond acceptors (Lipinski definition) is 4. The first-order chi connectivity index (χ1) is 11.1. The van der Waals surface area contributed by atoms with Gasteiger partial charge in [-0.2, -0.15) is 0 Å². The number of fused-ring (bicyclic) bond motifs is 1. The van der Waals surface area contributed by atoms with E-state index in [0.29, 0.717) is 18.6 Å². The quantitative estimate of drug-likeness (QED) is 0.909. The molecule has 1 aromatic carbocycles. The average molecular weight is 315 g/mol. The van der Waals surface area contributed by atoms with Gasteiger partial charge in [0.15, 0.2) is 0 Å². The van der Waals surface area contributed by atoms with Crippen molar-refractivity contribution >= 4 is 5.78 Å². The molecule has 4 atom stereocenters. The van der Waals surface area contributed by atoms with Gasteiger partial charge in [0.1, 0.15) is 11.5 Å². The second-order valence-corrected chi connectivity index (χ2v) is 7.38. The van der Waals surface area contributed by atoms with E-state index in [1.54, 1.807) is 7.11 Å². The molecule has 4 rings (SSSR count). The average Bonchev–Trinajstić information content (AvgIpc) is 2.54. The van der Waals surface area contributed by atoms with Crippen LogP contribution in [0.15, 0.2) is 18.2 Å². The molecule has 23 heavy (non-hydrogen) atoms. The van der Waals surface area contributed by atoms with Crippen molar-refractivity contribution in [3.63, 3.8) is 0 Å². The van der Waals surface area contributed by atoms with E-state index >= 15 is 0 Å². The highest BCUT2D eigenvalue weighted by molar-refractivity contribution is 5.83. The Kier molecular flexibility index (Phi) is 3.33. The minimum Gasteiger partial charge on any atom is -0.497 e. The van der Waals surface area contributed by atoms with E-state index in [1.807, 2.05) is 13.2 Å². The molecular formula is C19H25NO3. The highest BCUT2D eigenvalue weighted by atomic mass is 16.5. The van der Waals surface area contributed by atoms with Gasteiger partial charge < -0.3 is 14.8 Å². The van der Waals surface area contributed by atoms with Gasteiger partial charge >= 0.3 is 0 Å². The monoisotopic (exact) mass is 315 g/mol. The van der Waals surface area contributed by atoms with Gasteiger partial charge in [-0.25, -0.2) is 0 Å². The minimum atomic E-state index is -0.307. The van der Waals surface area contributed by atoms with E-state index in [-0.39, 0.29) is 23.0 Å². The summed E-state index contributed by atoms with van der Waals surface area (Å²) in [5, 5.41) is 3.68. The molecule has 0 spiro atoms. The zero-order valence-corrected chi connectivity index (χ0v) is 14.1. The summed E-state index contributed by atoms with van der Waals surface area (Å²) in [7, 11) is 3.53. The van der Waals surface area contributed by atoms with Crippen molar-refractivity contribution in [3.8, 4) is 5.75 Å². The van der Waals surface area contributed by atoms with Crippen LogP contribution in [0.5, 0.6) is 5.75 Å². The SMILES string of the molecule is COc1ccc2c(c1)[C@]13CCN[C@H](C2)[C@]1(OC)[C@@H](C)CC(=O)C3. The topological polar surface area (TPSA) is 47.6 Å². The van der Waals surface area contributed by atoms with Crippen molar-refractivity contribution in [2.45, 2.75) is 49.7 Å². The van der Waals surface area contributed by atoms with Crippen molar-refractivity contribution in [2.24, 2.45) is 5.92 Å². The van der Waals surface area contributed by atoms with Crippen molar-refractivity contribution in [1.82, 2.24) is 5.32 Å². The third-order valence-electron chi connectivity index (χ3n) is 6.57. The number of carbonyl (C=O) groups excluding carboxylic acids is 1. The standard InChI is InChI=1S/C19H25NO3/c1-12-8-14(21)11-18-6-7-20-17(19(12,18)23-3)9-13-4-5-15(22-2)10-16(13)18/h4-5,10,12,17,20H,6-9,11H2,1-3H3/t12-,17+,18+,19+/m0/s1. The maximum absolute atomic E-state index is 12.5. The van der Waals surface area contributed by atoms with Crippen molar-refractivity contribution in [3.05, 3.63) is 29.3 Å². The number of Topliss-reactive ketones (excluding diaryl/α,β-unsaturated/α-hetero) is 1. The van der Waals surface area contributed by atoms with Crippen LogP contribution >= 0.6 is 0 Å². The normalized spacial score (nSPS) is 38.7. The predicted octanol–water partition coefficient (Wildman–Crippen LogP) is 2.24. The molecule has 1 N–H and O–H groups in total. The van der Waals surface area contributed by atoms with Gasteiger partial charge in [0, 0.05) is 31.4 Å². The Morgan fingerprint density at radius 2 is 2.09 bits per heavy atom. The van der Waals surface area contributed by atoms with Gasteiger partial charge in [0.25, 0.3) is 0 Å². The van der Waals surface area contributed by atoms with Crippen LogP contribution in [0.3, 0.4) is 0 Å². The number of benzene rings is 1. The molecule has 3 aliphatic rings. The molecule has 124 valence electrons. The van der Waals surface area contributed by atoms with E-state index in [1.165, 1.54) is 11.1 Å². The second-order valence-electron chi connectivity index (χ2n) is 7.38. The molecule has 2 aliphatic carbocycles. The Morgan fingerprint density at radius 3 is 2.83 bits per heavy atom. The maximum Gasteiger partial charge on any atom is 0.134 e. The first kappa shape index (κ1) is 15.2. The molecule has 1 heterocycles. The number of ketones is 1. The number of methoxy groups -OCH3 is 2. The lowest BCUT2D eigenvalue weighted by atomic mass is 9.47. The minimum absolute atomic E-state index is 0.214. The van der Waals surface area contributed by atoms with Crippen molar-refractivity contribution in [1.29, 1.82) is 0 Å². The molecule has 4 nitrogen and oxygen atoms in total. The van der Waals surface area contributed by atoms with E-state index < -0.39 is 0 Å². The molecule has 1 aliphatic heterocycles. The molecule has 4 heteroatoms. The van der Waals surface area contributed by atoms with Crippen molar-refractivity contribution < 1.29 is 14.3 Å². The first-order valence-electron chi connectivity index (χ1n) is 8.55. The number of carbonyl (C=O) groups is 1. The van der Waals surface area contributed by atoms with Crippen LogP contribution in [0, 0.1) is 5.92 Å². The van der Waals surface area contributed by atoms with E-state index in [4.69, 9.17) is 9.47 Å². The predicted molar refractivity (Wildman–Crippen MR) is 87.9 cm³/mol. The van der Waals surface area contributed by atoms with Crippen molar-refractivity contribution in [2.75, 3.05) is 20.8 Å². The lowest BCUT2D eigenvalue weighted by Crippen LogP contribution is -2.76. The smallest absolute Gasteiger partial charge is 0.134 e. The largest absolute Gasteiger partial charge is 0.497 e. The number of piperidine rings is 1. The zero-order valence-electron chi connectivity index (χ0n) is 14.1. The first-order valence-corrected chi connectivity index (χ1v) is 8.55. The van der Waals surface area contributed by atoms with E-state index in [0.717, 1.165) is 25.1 Å². The second kappa shape index (κ2) is 5.05. The van der Waals surface area contributed by atoms with Gasteiger partial charge in [-0.3, -0.25) is 4.79 Å². The molecule has 0 unspecified atom stereocenters. The molecule has 1 saturated carbocycles. The molecule has 0 amide bonds. The molecular weight excluding hydrogens is 290 g/mol. The zero-order chi connectivity index (χ0) is 16.2. The van der Waals surface area contributed by atoms with Crippen LogP contribution in [0.25, 0.3) is 0 Å². The number of ether oxygens (including phenoxy) is 2. The van der Waals surface area contributed by atoms with E-state index in [2.05, 4.69) is 24.4 Å². The fraction of sp³-hybridized carbons (Fsp3) is 0.632. The summed E-state index contributed by atoms with van der Waals surface area (Å²) in [6, 6.07) is 6.61. The van der Waals surface area contributed by atoms with E-state index in [9.17, 15) is 4.79 Å². The summed E-state index contributed by atoms with van der Waals surface area (Å²) in [5.74, 6) is 1.44. The molecule has 1 aromatic rings.